The zero-order chi connectivity index (χ0) is 10.6. The zero-order valence-electron chi connectivity index (χ0n) is 8.23. The Morgan fingerprint density at radius 2 is 2.29 bits per heavy atom. The van der Waals surface area contributed by atoms with Crippen molar-refractivity contribution in [1.82, 2.24) is 4.98 Å². The second kappa shape index (κ2) is 4.50. The lowest BCUT2D eigenvalue weighted by Gasteiger charge is -2.04. The fraction of sp³-hybridized carbons (Fsp3) is 0.300. The van der Waals surface area contributed by atoms with Crippen LogP contribution in [-0.2, 0) is 6.42 Å². The van der Waals surface area contributed by atoms with Crippen molar-refractivity contribution in [3.8, 4) is 0 Å². The van der Waals surface area contributed by atoms with E-state index in [1.807, 2.05) is 13.8 Å². The third-order valence-electron chi connectivity index (χ3n) is 2.04. The molecule has 74 valence electrons. The highest BCUT2D eigenvalue weighted by atomic mass is 16.6. The van der Waals surface area contributed by atoms with E-state index >= 15 is 0 Å². The fourth-order valence-electron chi connectivity index (χ4n) is 1.38. The smallest absolute Gasteiger partial charge is 0.235 e. The van der Waals surface area contributed by atoms with E-state index in [0.29, 0.717) is 0 Å². The Hall–Kier alpha value is -1.71. The van der Waals surface area contributed by atoms with E-state index in [1.54, 1.807) is 12.4 Å². The summed E-state index contributed by atoms with van der Waals surface area (Å²) in [5, 5.41) is 10.2. The standard InChI is InChI=1S/C10H12N2O2/c1-3-10-8(2)6-11-7-9(10)4-5-12(13)14/h4-7H,3H2,1-2H3/b5-4+. The van der Waals surface area contributed by atoms with Gasteiger partial charge in [-0.05, 0) is 24.5 Å². The van der Waals surface area contributed by atoms with E-state index in [1.165, 1.54) is 6.08 Å². The largest absolute Gasteiger partial charge is 0.264 e. The van der Waals surface area contributed by atoms with Crippen LogP contribution in [0.25, 0.3) is 6.08 Å². The number of nitro groups is 1. The van der Waals surface area contributed by atoms with Crippen molar-refractivity contribution >= 4 is 6.08 Å². The second-order valence-electron chi connectivity index (χ2n) is 2.98. The molecular formula is C10H12N2O2. The van der Waals surface area contributed by atoms with Crippen LogP contribution < -0.4 is 0 Å². The van der Waals surface area contributed by atoms with Crippen molar-refractivity contribution < 1.29 is 4.92 Å². The van der Waals surface area contributed by atoms with Gasteiger partial charge in [0.15, 0.2) is 0 Å². The number of pyridine rings is 1. The van der Waals surface area contributed by atoms with Crippen LogP contribution in [0.1, 0.15) is 23.6 Å². The number of aromatic nitrogens is 1. The predicted octanol–water partition coefficient (Wildman–Crippen LogP) is 2.20. The van der Waals surface area contributed by atoms with E-state index < -0.39 is 4.92 Å². The number of hydrogen-bond acceptors (Lipinski definition) is 3. The minimum Gasteiger partial charge on any atom is -0.264 e. The first-order chi connectivity index (χ1) is 6.65. The fourth-order valence-corrected chi connectivity index (χ4v) is 1.38. The molecule has 0 unspecified atom stereocenters. The van der Waals surface area contributed by atoms with Gasteiger partial charge in [-0.1, -0.05) is 6.92 Å². The highest BCUT2D eigenvalue weighted by Crippen LogP contribution is 2.14. The number of aryl methyl sites for hydroxylation is 1. The lowest BCUT2D eigenvalue weighted by molar-refractivity contribution is -0.400. The van der Waals surface area contributed by atoms with Crippen LogP contribution in [-0.4, -0.2) is 9.91 Å². The van der Waals surface area contributed by atoms with Gasteiger partial charge < -0.3 is 0 Å². The average molecular weight is 192 g/mol. The van der Waals surface area contributed by atoms with Crippen LogP contribution in [0.15, 0.2) is 18.6 Å². The lowest BCUT2D eigenvalue weighted by atomic mass is 10.0. The van der Waals surface area contributed by atoms with Crippen molar-refractivity contribution in [2.75, 3.05) is 0 Å². The molecule has 1 rings (SSSR count). The summed E-state index contributed by atoms with van der Waals surface area (Å²) in [7, 11) is 0. The minimum absolute atomic E-state index is 0.470. The normalized spacial score (nSPS) is 10.7. The molecule has 0 aliphatic rings. The van der Waals surface area contributed by atoms with E-state index in [0.717, 1.165) is 29.3 Å². The van der Waals surface area contributed by atoms with E-state index in [-0.39, 0.29) is 0 Å². The second-order valence-corrected chi connectivity index (χ2v) is 2.98. The predicted molar refractivity (Wildman–Crippen MR) is 54.4 cm³/mol. The summed E-state index contributed by atoms with van der Waals surface area (Å²) in [5.41, 5.74) is 3.00. The zero-order valence-corrected chi connectivity index (χ0v) is 8.23. The van der Waals surface area contributed by atoms with Crippen LogP contribution in [0.3, 0.4) is 0 Å². The Morgan fingerprint density at radius 3 is 2.86 bits per heavy atom. The van der Waals surface area contributed by atoms with Gasteiger partial charge in [0.25, 0.3) is 0 Å². The maximum absolute atomic E-state index is 10.2. The van der Waals surface area contributed by atoms with E-state index in [2.05, 4.69) is 4.98 Å². The van der Waals surface area contributed by atoms with Crippen molar-refractivity contribution in [2.45, 2.75) is 20.3 Å². The van der Waals surface area contributed by atoms with Crippen LogP contribution in [0.4, 0.5) is 0 Å². The topological polar surface area (TPSA) is 56.0 Å². The summed E-state index contributed by atoms with van der Waals surface area (Å²) < 4.78 is 0. The Labute approximate surface area is 82.4 Å². The molecule has 0 bridgehead atoms. The van der Waals surface area contributed by atoms with Gasteiger partial charge >= 0.3 is 0 Å². The molecule has 0 atom stereocenters. The first-order valence-electron chi connectivity index (χ1n) is 4.40. The molecule has 0 fully saturated rings. The van der Waals surface area contributed by atoms with Gasteiger partial charge in [-0.25, -0.2) is 0 Å². The summed E-state index contributed by atoms with van der Waals surface area (Å²) >= 11 is 0. The van der Waals surface area contributed by atoms with Crippen LogP contribution in [0.2, 0.25) is 0 Å². The molecule has 0 N–H and O–H groups in total. The van der Waals surface area contributed by atoms with Crippen molar-refractivity contribution in [3.05, 3.63) is 45.4 Å². The molecule has 4 heteroatoms. The first kappa shape index (κ1) is 10.4. The summed E-state index contributed by atoms with van der Waals surface area (Å²) in [6.07, 6.45) is 6.69. The average Bonchev–Trinajstić information content (AvgIpc) is 2.14. The molecule has 1 aromatic rings. The van der Waals surface area contributed by atoms with Crippen molar-refractivity contribution in [3.63, 3.8) is 0 Å². The van der Waals surface area contributed by atoms with Crippen molar-refractivity contribution in [1.29, 1.82) is 0 Å². The van der Waals surface area contributed by atoms with Gasteiger partial charge in [0.05, 0.1) is 4.92 Å². The first-order valence-corrected chi connectivity index (χ1v) is 4.40. The quantitative estimate of drug-likeness (QED) is 0.545. The monoisotopic (exact) mass is 192 g/mol. The molecule has 1 heterocycles. The number of nitrogens with zero attached hydrogens (tertiary/aromatic N) is 2. The molecular weight excluding hydrogens is 180 g/mol. The Balaban J connectivity index is 3.08. The molecule has 0 aromatic carbocycles. The van der Waals surface area contributed by atoms with Gasteiger partial charge in [0.1, 0.15) is 0 Å². The van der Waals surface area contributed by atoms with Gasteiger partial charge in [-0.15, -0.1) is 0 Å². The van der Waals surface area contributed by atoms with Gasteiger partial charge in [0.2, 0.25) is 6.20 Å². The third-order valence-corrected chi connectivity index (χ3v) is 2.04. The highest BCUT2D eigenvalue weighted by molar-refractivity contribution is 5.53. The number of hydrogen-bond donors (Lipinski definition) is 0. The van der Waals surface area contributed by atoms with Gasteiger partial charge in [0, 0.05) is 24.0 Å². The Morgan fingerprint density at radius 1 is 1.57 bits per heavy atom. The van der Waals surface area contributed by atoms with Gasteiger partial charge in [-0.3, -0.25) is 15.1 Å². The Kier molecular flexibility index (Phi) is 3.34. The lowest BCUT2D eigenvalue weighted by Crippen LogP contribution is -1.93. The highest BCUT2D eigenvalue weighted by Gasteiger charge is 2.02. The van der Waals surface area contributed by atoms with Gasteiger partial charge in [-0.2, -0.15) is 0 Å². The molecule has 0 saturated heterocycles. The number of rotatable bonds is 3. The van der Waals surface area contributed by atoms with Crippen LogP contribution in [0.5, 0.6) is 0 Å². The van der Waals surface area contributed by atoms with Crippen LogP contribution >= 0.6 is 0 Å². The molecule has 1 aromatic heterocycles. The Bertz CT molecular complexity index is 372. The SMILES string of the molecule is CCc1c(C)cncc1/C=C/[N+](=O)[O-]. The summed E-state index contributed by atoms with van der Waals surface area (Å²) in [6, 6.07) is 0. The molecule has 0 amide bonds. The summed E-state index contributed by atoms with van der Waals surface area (Å²) in [6.45, 7) is 3.97. The van der Waals surface area contributed by atoms with E-state index in [9.17, 15) is 10.1 Å². The molecule has 0 aliphatic heterocycles. The molecule has 14 heavy (non-hydrogen) atoms. The molecule has 0 spiro atoms. The molecule has 0 radical (unpaired) electrons. The molecule has 0 aliphatic carbocycles. The summed E-state index contributed by atoms with van der Waals surface area (Å²) in [4.78, 5) is 13.7. The molecule has 0 saturated carbocycles. The summed E-state index contributed by atoms with van der Waals surface area (Å²) in [5.74, 6) is 0. The van der Waals surface area contributed by atoms with Crippen LogP contribution in [0, 0.1) is 17.0 Å². The maximum atomic E-state index is 10.2. The third kappa shape index (κ3) is 2.39. The van der Waals surface area contributed by atoms with E-state index in [4.69, 9.17) is 0 Å². The van der Waals surface area contributed by atoms with Crippen molar-refractivity contribution in [2.24, 2.45) is 0 Å². The maximum Gasteiger partial charge on any atom is 0.235 e. The minimum atomic E-state index is -0.470. The molecule has 4 nitrogen and oxygen atoms in total.